The van der Waals surface area contributed by atoms with E-state index < -0.39 is 0 Å². The molecule has 0 saturated carbocycles. The summed E-state index contributed by atoms with van der Waals surface area (Å²) < 4.78 is 4.73. The first kappa shape index (κ1) is 26.8. The average Bonchev–Trinajstić information content (AvgIpc) is 3.75. The summed E-state index contributed by atoms with van der Waals surface area (Å²) in [5.74, 6) is 0. The van der Waals surface area contributed by atoms with Gasteiger partial charge in [-0.1, -0.05) is 121 Å². The zero-order valence-corrected chi connectivity index (χ0v) is 26.2. The maximum Gasteiger partial charge on any atom is 0.0625 e. The van der Waals surface area contributed by atoms with Gasteiger partial charge in [-0.15, -0.1) is 0 Å². The quantitative estimate of drug-likeness (QED) is 0.175. The minimum Gasteiger partial charge on any atom is -0.317 e. The molecule has 0 bridgehead atoms. The fourth-order valence-electron chi connectivity index (χ4n) is 7.70. The largest absolute Gasteiger partial charge is 0.317 e. The van der Waals surface area contributed by atoms with Gasteiger partial charge in [0.1, 0.15) is 0 Å². The number of para-hydroxylation sites is 1. The summed E-state index contributed by atoms with van der Waals surface area (Å²) in [6.07, 6.45) is 2.17. The van der Waals surface area contributed by atoms with Gasteiger partial charge in [-0.3, -0.25) is 0 Å². The lowest BCUT2D eigenvalue weighted by Gasteiger charge is -2.13. The van der Waals surface area contributed by atoms with E-state index in [4.69, 9.17) is 0 Å². The standard InChI is InChI=1S/C46H30N2/c1-3-11-31(12-4-1)32-19-23-37(24-20-32)48-44-26-22-34(33-21-25-43-35(29-33)27-28-47(43)36-13-5-2-6-14-36)30-42(44)45-40-17-9-7-15-38(40)39-16-8-10-18-41(39)46(45)48/h1-30H. The van der Waals surface area contributed by atoms with Crippen LogP contribution in [0.4, 0.5) is 0 Å². The minimum absolute atomic E-state index is 1.16. The van der Waals surface area contributed by atoms with Crippen molar-refractivity contribution in [2.75, 3.05) is 0 Å². The third-order valence-electron chi connectivity index (χ3n) is 9.93. The number of benzene rings is 8. The van der Waals surface area contributed by atoms with Gasteiger partial charge in [-0.25, -0.2) is 0 Å². The molecular formula is C46H30N2. The summed E-state index contributed by atoms with van der Waals surface area (Å²) in [5, 5.41) is 8.90. The van der Waals surface area contributed by atoms with Crippen LogP contribution < -0.4 is 0 Å². The first-order valence-corrected chi connectivity index (χ1v) is 16.5. The van der Waals surface area contributed by atoms with E-state index in [9.17, 15) is 0 Å². The first-order valence-electron chi connectivity index (χ1n) is 16.5. The summed E-state index contributed by atoms with van der Waals surface area (Å²) in [6.45, 7) is 0. The van der Waals surface area contributed by atoms with Crippen molar-refractivity contribution in [1.29, 1.82) is 0 Å². The predicted octanol–water partition coefficient (Wildman–Crippen LogP) is 12.4. The van der Waals surface area contributed by atoms with E-state index in [1.54, 1.807) is 0 Å². The summed E-state index contributed by atoms with van der Waals surface area (Å²) >= 11 is 0. The summed E-state index contributed by atoms with van der Waals surface area (Å²) in [5.41, 5.74) is 10.9. The van der Waals surface area contributed by atoms with Crippen molar-refractivity contribution in [2.45, 2.75) is 0 Å². The van der Waals surface area contributed by atoms with Crippen LogP contribution in [0.15, 0.2) is 182 Å². The van der Waals surface area contributed by atoms with Crippen LogP contribution >= 0.6 is 0 Å². The number of hydrogen-bond acceptors (Lipinski definition) is 0. The summed E-state index contributed by atoms with van der Waals surface area (Å²) in [6, 6.07) is 64.0. The first-order chi connectivity index (χ1) is 23.8. The molecule has 0 aliphatic heterocycles. The molecule has 2 heteroatoms. The Labute approximate surface area is 278 Å². The third-order valence-corrected chi connectivity index (χ3v) is 9.93. The van der Waals surface area contributed by atoms with Crippen LogP contribution in [0.1, 0.15) is 0 Å². The monoisotopic (exact) mass is 610 g/mol. The van der Waals surface area contributed by atoms with Crippen molar-refractivity contribution >= 4 is 54.3 Å². The maximum atomic E-state index is 2.47. The van der Waals surface area contributed by atoms with Gasteiger partial charge < -0.3 is 9.13 Å². The second kappa shape index (κ2) is 10.6. The van der Waals surface area contributed by atoms with Crippen molar-refractivity contribution < 1.29 is 0 Å². The minimum atomic E-state index is 1.16. The molecule has 2 heterocycles. The maximum absolute atomic E-state index is 2.47. The Hall–Kier alpha value is -6.38. The van der Waals surface area contributed by atoms with Gasteiger partial charge in [0.25, 0.3) is 0 Å². The van der Waals surface area contributed by atoms with Gasteiger partial charge in [0.05, 0.1) is 16.6 Å². The van der Waals surface area contributed by atoms with Gasteiger partial charge >= 0.3 is 0 Å². The van der Waals surface area contributed by atoms with Crippen molar-refractivity contribution in [1.82, 2.24) is 9.13 Å². The van der Waals surface area contributed by atoms with E-state index in [0.717, 1.165) is 5.69 Å². The van der Waals surface area contributed by atoms with Crippen LogP contribution in [-0.4, -0.2) is 9.13 Å². The lowest BCUT2D eigenvalue weighted by Crippen LogP contribution is -1.95. The highest BCUT2D eigenvalue weighted by Crippen LogP contribution is 2.43. The van der Waals surface area contributed by atoms with Crippen LogP contribution in [0.3, 0.4) is 0 Å². The van der Waals surface area contributed by atoms with Crippen molar-refractivity contribution in [3.63, 3.8) is 0 Å². The van der Waals surface area contributed by atoms with E-state index in [1.165, 1.54) is 82.2 Å². The lowest BCUT2D eigenvalue weighted by atomic mass is 9.95. The predicted molar refractivity (Wildman–Crippen MR) is 203 cm³/mol. The Morgan fingerprint density at radius 3 is 1.65 bits per heavy atom. The second-order valence-electron chi connectivity index (χ2n) is 12.6. The molecule has 0 aliphatic carbocycles. The van der Waals surface area contributed by atoms with Gasteiger partial charge in [0, 0.05) is 39.1 Å². The molecule has 2 aromatic heterocycles. The number of aromatic nitrogens is 2. The molecule has 10 aromatic rings. The van der Waals surface area contributed by atoms with E-state index >= 15 is 0 Å². The zero-order chi connectivity index (χ0) is 31.6. The summed E-state index contributed by atoms with van der Waals surface area (Å²) in [4.78, 5) is 0. The van der Waals surface area contributed by atoms with Gasteiger partial charge in [-0.05, 0) is 93.0 Å². The highest BCUT2D eigenvalue weighted by atomic mass is 15.0. The van der Waals surface area contributed by atoms with E-state index in [-0.39, 0.29) is 0 Å². The number of fused-ring (bicyclic) bond motifs is 9. The van der Waals surface area contributed by atoms with Gasteiger partial charge in [0.2, 0.25) is 0 Å². The fourth-order valence-corrected chi connectivity index (χ4v) is 7.70. The average molecular weight is 611 g/mol. The molecule has 224 valence electrons. The van der Waals surface area contributed by atoms with Crippen molar-refractivity contribution in [2.24, 2.45) is 0 Å². The smallest absolute Gasteiger partial charge is 0.0625 e. The SMILES string of the molecule is c1ccc(-c2ccc(-n3c4ccc(-c5ccc6c(ccn6-c6ccccc6)c5)cc4c4c5ccccc5c5ccccc5c43)cc2)cc1. The molecular weight excluding hydrogens is 581 g/mol. The Morgan fingerprint density at radius 2 is 0.896 bits per heavy atom. The second-order valence-corrected chi connectivity index (χ2v) is 12.6. The highest BCUT2D eigenvalue weighted by molar-refractivity contribution is 6.32. The number of rotatable bonds is 4. The van der Waals surface area contributed by atoms with Crippen molar-refractivity contribution in [3.05, 3.63) is 182 Å². The summed E-state index contributed by atoms with van der Waals surface area (Å²) in [7, 11) is 0. The van der Waals surface area contributed by atoms with E-state index in [1.807, 2.05) is 0 Å². The Bertz CT molecular complexity index is 2800. The molecule has 0 N–H and O–H groups in total. The number of hydrogen-bond donors (Lipinski definition) is 0. The topological polar surface area (TPSA) is 9.86 Å². The molecule has 0 aliphatic rings. The Morgan fingerprint density at radius 1 is 0.333 bits per heavy atom. The molecule has 0 unspecified atom stereocenters. The Balaban J connectivity index is 1.23. The van der Waals surface area contributed by atoms with Gasteiger partial charge in [0.15, 0.2) is 0 Å². The molecule has 0 fully saturated rings. The van der Waals surface area contributed by atoms with Gasteiger partial charge in [-0.2, -0.15) is 0 Å². The fraction of sp³-hybridized carbons (Fsp3) is 0. The molecule has 2 nitrogen and oxygen atoms in total. The molecule has 0 saturated heterocycles. The van der Waals surface area contributed by atoms with E-state index in [2.05, 4.69) is 191 Å². The molecule has 10 rings (SSSR count). The molecule has 0 radical (unpaired) electrons. The third kappa shape index (κ3) is 4.06. The molecule has 0 atom stereocenters. The molecule has 0 amide bonds. The zero-order valence-electron chi connectivity index (χ0n) is 26.2. The highest BCUT2D eigenvalue weighted by Gasteiger charge is 2.19. The van der Waals surface area contributed by atoms with Crippen molar-refractivity contribution in [3.8, 4) is 33.6 Å². The van der Waals surface area contributed by atoms with Crippen LogP contribution in [-0.2, 0) is 0 Å². The molecule has 48 heavy (non-hydrogen) atoms. The normalized spacial score (nSPS) is 11.8. The van der Waals surface area contributed by atoms with Crippen LogP contribution in [0, 0.1) is 0 Å². The Kier molecular flexibility index (Phi) is 5.91. The van der Waals surface area contributed by atoms with E-state index in [0.29, 0.717) is 0 Å². The van der Waals surface area contributed by atoms with Crippen LogP contribution in [0.2, 0.25) is 0 Å². The number of nitrogens with zero attached hydrogens (tertiary/aromatic N) is 2. The van der Waals surface area contributed by atoms with Crippen LogP contribution in [0.5, 0.6) is 0 Å². The molecule has 8 aromatic carbocycles. The lowest BCUT2D eigenvalue weighted by molar-refractivity contribution is 1.13. The van der Waals surface area contributed by atoms with Crippen LogP contribution in [0.25, 0.3) is 87.9 Å². The molecule has 0 spiro atoms.